The molecule has 0 saturated carbocycles. The van der Waals surface area contributed by atoms with Gasteiger partial charge in [0.05, 0.1) is 36.6 Å². The van der Waals surface area contributed by atoms with Crippen molar-refractivity contribution in [1.29, 1.82) is 0 Å². The quantitative estimate of drug-likeness (QED) is 0.488. The lowest BCUT2D eigenvalue weighted by Gasteiger charge is -2.08. The van der Waals surface area contributed by atoms with Gasteiger partial charge in [0.15, 0.2) is 0 Å². The number of hydrogen-bond donors (Lipinski definition) is 0. The van der Waals surface area contributed by atoms with Gasteiger partial charge in [-0.05, 0) is 23.8 Å². The van der Waals surface area contributed by atoms with Crippen LogP contribution >= 0.6 is 11.6 Å². The van der Waals surface area contributed by atoms with Gasteiger partial charge in [-0.3, -0.25) is 9.67 Å². The lowest BCUT2D eigenvalue weighted by atomic mass is 10.1. The second kappa shape index (κ2) is 7.21. The van der Waals surface area contributed by atoms with Crippen LogP contribution in [-0.2, 0) is 11.3 Å². The van der Waals surface area contributed by atoms with Crippen LogP contribution in [0.15, 0.2) is 67.0 Å². The highest BCUT2D eigenvalue weighted by Crippen LogP contribution is 2.25. The molecular weight excluding hydrogens is 362 g/mol. The summed E-state index contributed by atoms with van der Waals surface area (Å²) < 4.78 is 6.62. The average Bonchev–Trinajstić information content (AvgIpc) is 3.10. The summed E-state index contributed by atoms with van der Waals surface area (Å²) >= 11 is 6.11. The Morgan fingerprint density at radius 1 is 1.07 bits per heavy atom. The van der Waals surface area contributed by atoms with Crippen molar-refractivity contribution >= 4 is 28.5 Å². The van der Waals surface area contributed by atoms with Gasteiger partial charge in [-0.1, -0.05) is 48.0 Å². The maximum absolute atomic E-state index is 12.1. The van der Waals surface area contributed by atoms with Crippen molar-refractivity contribution < 1.29 is 9.53 Å². The molecule has 0 N–H and O–H groups in total. The summed E-state index contributed by atoms with van der Waals surface area (Å²) in [6, 6.07) is 17.4. The smallest absolute Gasteiger partial charge is 0.340 e. The molecule has 2 aromatic carbocycles. The van der Waals surface area contributed by atoms with E-state index in [9.17, 15) is 4.79 Å². The van der Waals surface area contributed by atoms with E-state index in [1.165, 1.54) is 7.11 Å². The third kappa shape index (κ3) is 3.41. The van der Waals surface area contributed by atoms with Crippen molar-refractivity contribution in [3.05, 3.63) is 83.3 Å². The Labute approximate surface area is 161 Å². The van der Waals surface area contributed by atoms with Gasteiger partial charge in [-0.25, -0.2) is 4.79 Å². The molecule has 27 heavy (non-hydrogen) atoms. The van der Waals surface area contributed by atoms with Crippen LogP contribution in [0, 0.1) is 0 Å². The molecule has 4 rings (SSSR count). The largest absolute Gasteiger partial charge is 0.465 e. The Morgan fingerprint density at radius 2 is 1.89 bits per heavy atom. The molecule has 0 unspecified atom stereocenters. The molecule has 0 bridgehead atoms. The van der Waals surface area contributed by atoms with E-state index in [-0.39, 0.29) is 0 Å². The number of rotatable bonds is 4. The molecule has 134 valence electrons. The molecule has 4 aromatic rings. The Hall–Kier alpha value is -3.18. The first kappa shape index (κ1) is 17.2. The fraction of sp³-hybridized carbons (Fsp3) is 0.0952. The first-order chi connectivity index (χ1) is 13.2. The van der Waals surface area contributed by atoms with E-state index in [0.717, 1.165) is 22.2 Å². The summed E-state index contributed by atoms with van der Waals surface area (Å²) in [7, 11) is 1.35. The van der Waals surface area contributed by atoms with Crippen LogP contribution in [0.5, 0.6) is 0 Å². The van der Waals surface area contributed by atoms with Gasteiger partial charge in [0, 0.05) is 22.2 Å². The number of esters is 1. The number of fused-ring (bicyclic) bond motifs is 1. The second-order valence-electron chi connectivity index (χ2n) is 6.09. The van der Waals surface area contributed by atoms with Crippen LogP contribution < -0.4 is 0 Å². The summed E-state index contributed by atoms with van der Waals surface area (Å²) in [5, 5.41) is 5.65. The molecule has 0 radical (unpaired) electrons. The summed E-state index contributed by atoms with van der Waals surface area (Å²) in [5.74, 6) is -0.448. The van der Waals surface area contributed by atoms with Gasteiger partial charge < -0.3 is 4.74 Å². The van der Waals surface area contributed by atoms with Gasteiger partial charge in [-0.15, -0.1) is 0 Å². The third-order valence-corrected chi connectivity index (χ3v) is 4.57. The normalized spacial score (nSPS) is 10.9. The Kier molecular flexibility index (Phi) is 4.60. The van der Waals surface area contributed by atoms with Gasteiger partial charge in [0.2, 0.25) is 0 Å². The second-order valence-corrected chi connectivity index (χ2v) is 6.53. The van der Waals surface area contributed by atoms with E-state index < -0.39 is 5.97 Å². The van der Waals surface area contributed by atoms with E-state index >= 15 is 0 Å². The Bertz CT molecular complexity index is 1110. The van der Waals surface area contributed by atoms with Gasteiger partial charge >= 0.3 is 5.97 Å². The molecular formula is C21H16ClN3O2. The molecule has 6 heteroatoms. The zero-order valence-corrected chi connectivity index (χ0v) is 15.3. The highest BCUT2D eigenvalue weighted by atomic mass is 35.5. The summed E-state index contributed by atoms with van der Waals surface area (Å²) in [6.45, 7) is 0.435. The fourth-order valence-corrected chi connectivity index (χ4v) is 3.28. The SMILES string of the molecule is COC(=O)c1cc(Cl)cc2cnn(Cc3ccc(-c4ccccc4)cn3)c12. The van der Waals surface area contributed by atoms with Crippen molar-refractivity contribution in [1.82, 2.24) is 14.8 Å². The number of benzene rings is 2. The van der Waals surface area contributed by atoms with E-state index in [1.54, 1.807) is 23.0 Å². The Morgan fingerprint density at radius 3 is 2.59 bits per heavy atom. The van der Waals surface area contributed by atoms with E-state index in [4.69, 9.17) is 16.3 Å². The van der Waals surface area contributed by atoms with E-state index in [0.29, 0.717) is 22.6 Å². The van der Waals surface area contributed by atoms with Crippen LogP contribution in [0.2, 0.25) is 5.02 Å². The molecule has 0 fully saturated rings. The van der Waals surface area contributed by atoms with Crippen molar-refractivity contribution in [3.63, 3.8) is 0 Å². The maximum Gasteiger partial charge on any atom is 0.340 e. The number of aromatic nitrogens is 3. The van der Waals surface area contributed by atoms with Crippen LogP contribution in [-0.4, -0.2) is 27.8 Å². The molecule has 5 nitrogen and oxygen atoms in total. The van der Waals surface area contributed by atoms with Crippen LogP contribution in [0.1, 0.15) is 16.1 Å². The zero-order chi connectivity index (χ0) is 18.8. The van der Waals surface area contributed by atoms with Crippen molar-refractivity contribution in [3.8, 4) is 11.1 Å². The minimum absolute atomic E-state index is 0.387. The van der Waals surface area contributed by atoms with Crippen molar-refractivity contribution in [2.45, 2.75) is 6.54 Å². The molecule has 0 amide bonds. The molecule has 0 aliphatic heterocycles. The molecule has 0 aliphatic rings. The average molecular weight is 378 g/mol. The molecule has 0 aliphatic carbocycles. The standard InChI is InChI=1S/C21H16ClN3O2/c1-27-21(26)19-10-17(22)9-16-12-24-25(20(16)19)13-18-8-7-15(11-23-18)14-5-3-2-4-6-14/h2-12H,13H2,1H3. The maximum atomic E-state index is 12.1. The number of hydrogen-bond acceptors (Lipinski definition) is 4. The number of carbonyl (C=O) groups excluding carboxylic acids is 1. The van der Waals surface area contributed by atoms with Crippen LogP contribution in [0.25, 0.3) is 22.0 Å². The summed E-state index contributed by atoms with van der Waals surface area (Å²) in [4.78, 5) is 16.7. The first-order valence-electron chi connectivity index (χ1n) is 8.39. The highest BCUT2D eigenvalue weighted by Gasteiger charge is 2.17. The molecule has 2 aromatic heterocycles. The minimum Gasteiger partial charge on any atom is -0.465 e. The number of nitrogens with zero attached hydrogens (tertiary/aromatic N) is 3. The van der Waals surface area contributed by atoms with Crippen LogP contribution in [0.3, 0.4) is 0 Å². The monoisotopic (exact) mass is 377 g/mol. The fourth-order valence-electron chi connectivity index (χ4n) is 3.05. The van der Waals surface area contributed by atoms with E-state index in [1.807, 2.05) is 48.7 Å². The highest BCUT2D eigenvalue weighted by molar-refractivity contribution is 6.32. The molecule has 2 heterocycles. The first-order valence-corrected chi connectivity index (χ1v) is 8.77. The molecule has 0 atom stereocenters. The number of carbonyl (C=O) groups is 1. The predicted molar refractivity (Wildman–Crippen MR) is 105 cm³/mol. The number of halogens is 1. The third-order valence-electron chi connectivity index (χ3n) is 4.35. The van der Waals surface area contributed by atoms with Crippen molar-refractivity contribution in [2.75, 3.05) is 7.11 Å². The number of methoxy groups -OCH3 is 1. The molecule has 0 saturated heterocycles. The number of pyridine rings is 1. The van der Waals surface area contributed by atoms with Crippen molar-refractivity contribution in [2.24, 2.45) is 0 Å². The molecule has 0 spiro atoms. The minimum atomic E-state index is -0.448. The van der Waals surface area contributed by atoms with Crippen LogP contribution in [0.4, 0.5) is 0 Å². The lowest BCUT2D eigenvalue weighted by molar-refractivity contribution is 0.0602. The number of ether oxygens (including phenoxy) is 1. The lowest BCUT2D eigenvalue weighted by Crippen LogP contribution is -2.08. The Balaban J connectivity index is 1.69. The zero-order valence-electron chi connectivity index (χ0n) is 14.6. The summed E-state index contributed by atoms with van der Waals surface area (Å²) in [5.41, 5.74) is 4.07. The van der Waals surface area contributed by atoms with Gasteiger partial charge in [-0.2, -0.15) is 5.10 Å². The van der Waals surface area contributed by atoms with Gasteiger partial charge in [0.1, 0.15) is 0 Å². The van der Waals surface area contributed by atoms with Gasteiger partial charge in [0.25, 0.3) is 0 Å². The topological polar surface area (TPSA) is 57.0 Å². The summed E-state index contributed by atoms with van der Waals surface area (Å²) in [6.07, 6.45) is 3.53. The predicted octanol–water partition coefficient (Wildman–Crippen LogP) is 4.59. The van der Waals surface area contributed by atoms with E-state index in [2.05, 4.69) is 10.1 Å².